The van der Waals surface area contributed by atoms with Gasteiger partial charge in [-0.05, 0) is 47.5 Å². The lowest BCUT2D eigenvalue weighted by Gasteiger charge is -2.13. The summed E-state index contributed by atoms with van der Waals surface area (Å²) in [7, 11) is 3.56. The highest BCUT2D eigenvalue weighted by Crippen LogP contribution is 2.29. The Morgan fingerprint density at radius 2 is 1.62 bits per heavy atom. The molecule has 1 aromatic heterocycles. The summed E-state index contributed by atoms with van der Waals surface area (Å²) in [5.74, 6) is -1.80. The maximum absolute atomic E-state index is 13.2. The Balaban J connectivity index is 0.000000568. The molecule has 0 unspecified atom stereocenters. The van der Waals surface area contributed by atoms with Crippen LogP contribution in [0.1, 0.15) is 11.1 Å². The second-order valence-electron chi connectivity index (χ2n) is 7.76. The topological polar surface area (TPSA) is 123 Å². The standard InChI is InChI=1S/C25H24FN3O2.C2H2O4/c1-29-22(20-9-11-21(26)12-10-20)16-28-25(29)27-15-19-8-13-23(30-2)24(14-19)31-17-18-6-4-3-5-7-18;3-1(4)2(5)6/h3-14,16H,15,17H2,1-2H3,(H,27,28);(H,3,4)(H,5,6). The average molecular weight is 508 g/mol. The monoisotopic (exact) mass is 507 g/mol. The molecule has 3 N–H and O–H groups in total. The number of anilines is 1. The van der Waals surface area contributed by atoms with Crippen molar-refractivity contribution in [1.82, 2.24) is 9.55 Å². The largest absolute Gasteiger partial charge is 0.493 e. The normalized spacial score (nSPS) is 10.1. The number of carboxylic acid groups (broad SMARTS) is 2. The van der Waals surface area contributed by atoms with Gasteiger partial charge in [0.25, 0.3) is 0 Å². The van der Waals surface area contributed by atoms with Crippen molar-refractivity contribution >= 4 is 17.9 Å². The van der Waals surface area contributed by atoms with Crippen LogP contribution in [0.3, 0.4) is 0 Å². The molecule has 4 rings (SSSR count). The van der Waals surface area contributed by atoms with Crippen molar-refractivity contribution in [2.24, 2.45) is 7.05 Å². The number of aliphatic carboxylic acids is 2. The first kappa shape index (κ1) is 26.7. The summed E-state index contributed by atoms with van der Waals surface area (Å²) in [5, 5.41) is 18.1. The zero-order chi connectivity index (χ0) is 26.8. The van der Waals surface area contributed by atoms with E-state index >= 15 is 0 Å². The second kappa shape index (κ2) is 12.7. The van der Waals surface area contributed by atoms with Crippen LogP contribution in [0.15, 0.2) is 79.0 Å². The molecule has 9 nitrogen and oxygen atoms in total. The first-order chi connectivity index (χ1) is 17.8. The lowest BCUT2D eigenvalue weighted by atomic mass is 10.2. The molecule has 0 amide bonds. The number of nitrogens with zero attached hydrogens (tertiary/aromatic N) is 2. The molecule has 0 aliphatic heterocycles. The molecule has 0 fully saturated rings. The zero-order valence-electron chi connectivity index (χ0n) is 20.2. The van der Waals surface area contributed by atoms with Crippen LogP contribution in [-0.2, 0) is 29.8 Å². The summed E-state index contributed by atoms with van der Waals surface area (Å²) in [6.45, 7) is 1.04. The van der Waals surface area contributed by atoms with Crippen molar-refractivity contribution in [1.29, 1.82) is 0 Å². The summed E-state index contributed by atoms with van der Waals surface area (Å²) < 4.78 is 26.6. The number of methoxy groups -OCH3 is 1. The zero-order valence-corrected chi connectivity index (χ0v) is 20.2. The fraction of sp³-hybridized carbons (Fsp3) is 0.148. The number of aromatic nitrogens is 2. The Hall–Kier alpha value is -4.86. The molecule has 0 radical (unpaired) electrons. The van der Waals surface area contributed by atoms with E-state index in [9.17, 15) is 4.39 Å². The molecule has 4 aromatic rings. The highest BCUT2D eigenvalue weighted by Gasteiger charge is 2.10. The van der Waals surface area contributed by atoms with E-state index in [1.165, 1.54) is 12.1 Å². The number of rotatable bonds is 8. The Bertz CT molecular complexity index is 1330. The van der Waals surface area contributed by atoms with Gasteiger partial charge >= 0.3 is 11.9 Å². The molecule has 0 aliphatic rings. The lowest BCUT2D eigenvalue weighted by Crippen LogP contribution is -2.09. The number of hydrogen-bond donors (Lipinski definition) is 3. The van der Waals surface area contributed by atoms with Gasteiger partial charge in [-0.3, -0.25) is 0 Å². The number of ether oxygens (including phenoxy) is 2. The van der Waals surface area contributed by atoms with Crippen LogP contribution in [0, 0.1) is 5.82 Å². The van der Waals surface area contributed by atoms with E-state index in [2.05, 4.69) is 10.3 Å². The molecule has 192 valence electrons. The number of benzene rings is 3. The van der Waals surface area contributed by atoms with Crippen LogP contribution in [-0.4, -0.2) is 38.8 Å². The molecule has 1 heterocycles. The van der Waals surface area contributed by atoms with Crippen LogP contribution < -0.4 is 14.8 Å². The molecule has 10 heteroatoms. The van der Waals surface area contributed by atoms with Gasteiger partial charge in [-0.1, -0.05) is 36.4 Å². The quantitative estimate of drug-likeness (QED) is 0.296. The fourth-order valence-electron chi connectivity index (χ4n) is 3.32. The molecule has 0 aliphatic carbocycles. The molecule has 0 saturated heterocycles. The van der Waals surface area contributed by atoms with Gasteiger partial charge in [0.1, 0.15) is 12.4 Å². The summed E-state index contributed by atoms with van der Waals surface area (Å²) in [6.07, 6.45) is 1.78. The minimum Gasteiger partial charge on any atom is -0.493 e. The van der Waals surface area contributed by atoms with Gasteiger partial charge in [-0.15, -0.1) is 0 Å². The van der Waals surface area contributed by atoms with Crippen LogP contribution >= 0.6 is 0 Å². The molecule has 0 spiro atoms. The molecule has 3 aromatic carbocycles. The Kier molecular flexibility index (Phi) is 9.20. The predicted molar refractivity (Wildman–Crippen MR) is 135 cm³/mol. The van der Waals surface area contributed by atoms with E-state index in [0.717, 1.165) is 28.3 Å². The molecular formula is C27H26FN3O6. The van der Waals surface area contributed by atoms with E-state index in [1.807, 2.05) is 60.1 Å². The van der Waals surface area contributed by atoms with Crippen molar-refractivity contribution in [3.63, 3.8) is 0 Å². The number of imidazole rings is 1. The minimum atomic E-state index is -1.82. The number of halogens is 1. The maximum Gasteiger partial charge on any atom is 0.414 e. The van der Waals surface area contributed by atoms with Gasteiger partial charge in [0.15, 0.2) is 11.5 Å². The number of nitrogens with one attached hydrogen (secondary N) is 1. The second-order valence-corrected chi connectivity index (χ2v) is 7.76. The molecule has 0 saturated carbocycles. The van der Waals surface area contributed by atoms with Crippen LogP contribution in [0.2, 0.25) is 0 Å². The van der Waals surface area contributed by atoms with Crippen LogP contribution in [0.4, 0.5) is 10.3 Å². The molecule has 0 bridgehead atoms. The number of hydrogen-bond acceptors (Lipinski definition) is 6. The lowest BCUT2D eigenvalue weighted by molar-refractivity contribution is -0.159. The van der Waals surface area contributed by atoms with Crippen molar-refractivity contribution in [2.45, 2.75) is 13.2 Å². The summed E-state index contributed by atoms with van der Waals surface area (Å²) in [4.78, 5) is 22.7. The van der Waals surface area contributed by atoms with E-state index in [4.69, 9.17) is 29.3 Å². The van der Waals surface area contributed by atoms with Crippen molar-refractivity contribution in [2.75, 3.05) is 12.4 Å². The molecule has 0 atom stereocenters. The Labute approximate surface area is 212 Å². The molecule has 37 heavy (non-hydrogen) atoms. The van der Waals surface area contributed by atoms with Crippen molar-refractivity contribution in [3.8, 4) is 22.8 Å². The maximum atomic E-state index is 13.2. The minimum absolute atomic E-state index is 0.255. The smallest absolute Gasteiger partial charge is 0.414 e. The number of carbonyl (C=O) groups is 2. The van der Waals surface area contributed by atoms with Crippen molar-refractivity contribution in [3.05, 3.63) is 95.9 Å². The third-order valence-corrected chi connectivity index (χ3v) is 5.23. The summed E-state index contributed by atoms with van der Waals surface area (Å²) in [5.41, 5.74) is 3.94. The first-order valence-corrected chi connectivity index (χ1v) is 11.1. The van der Waals surface area contributed by atoms with Gasteiger partial charge in [0, 0.05) is 19.2 Å². The Morgan fingerprint density at radius 1 is 0.946 bits per heavy atom. The highest BCUT2D eigenvalue weighted by molar-refractivity contribution is 6.27. The highest BCUT2D eigenvalue weighted by atomic mass is 19.1. The van der Waals surface area contributed by atoms with Gasteiger partial charge in [0.2, 0.25) is 5.95 Å². The fourth-order valence-corrected chi connectivity index (χ4v) is 3.32. The van der Waals surface area contributed by atoms with Crippen molar-refractivity contribution < 1.29 is 33.7 Å². The summed E-state index contributed by atoms with van der Waals surface area (Å²) >= 11 is 0. The van der Waals surface area contributed by atoms with E-state index in [1.54, 1.807) is 25.4 Å². The summed E-state index contributed by atoms with van der Waals surface area (Å²) in [6, 6.07) is 22.3. The first-order valence-electron chi connectivity index (χ1n) is 11.1. The Morgan fingerprint density at radius 3 is 2.24 bits per heavy atom. The predicted octanol–water partition coefficient (Wildman–Crippen LogP) is 4.58. The number of carboxylic acids is 2. The van der Waals surface area contributed by atoms with Gasteiger partial charge in [-0.25, -0.2) is 19.0 Å². The van der Waals surface area contributed by atoms with Gasteiger partial charge < -0.3 is 29.6 Å². The van der Waals surface area contributed by atoms with E-state index in [0.29, 0.717) is 24.7 Å². The van der Waals surface area contributed by atoms with E-state index < -0.39 is 11.9 Å². The average Bonchev–Trinajstić information content (AvgIpc) is 3.27. The van der Waals surface area contributed by atoms with Crippen LogP contribution in [0.25, 0.3) is 11.3 Å². The van der Waals surface area contributed by atoms with E-state index in [-0.39, 0.29) is 5.82 Å². The third kappa shape index (κ3) is 7.56. The van der Waals surface area contributed by atoms with Gasteiger partial charge in [0.05, 0.1) is 19.0 Å². The third-order valence-electron chi connectivity index (χ3n) is 5.23. The van der Waals surface area contributed by atoms with Crippen LogP contribution in [0.5, 0.6) is 11.5 Å². The molecular weight excluding hydrogens is 481 g/mol. The van der Waals surface area contributed by atoms with Gasteiger partial charge in [-0.2, -0.15) is 0 Å². The SMILES string of the molecule is COc1ccc(CNc2ncc(-c3ccc(F)cc3)n2C)cc1OCc1ccccc1.O=C(O)C(=O)O.